The first-order valence-corrected chi connectivity index (χ1v) is 5.38. The summed E-state index contributed by atoms with van der Waals surface area (Å²) in [4.78, 5) is 13.5. The minimum absolute atomic E-state index is 0.114. The lowest BCUT2D eigenvalue weighted by atomic mass is 9.93. The number of fused-ring (bicyclic) bond motifs is 1. The Balaban J connectivity index is 2.30. The van der Waals surface area contributed by atoms with Gasteiger partial charge >= 0.3 is 0 Å². The van der Waals surface area contributed by atoms with Crippen molar-refractivity contribution in [2.24, 2.45) is 0 Å². The zero-order valence-corrected chi connectivity index (χ0v) is 9.39. The van der Waals surface area contributed by atoms with Crippen LogP contribution in [0.2, 0.25) is 0 Å². The highest BCUT2D eigenvalue weighted by Crippen LogP contribution is 2.24. The first kappa shape index (κ1) is 10.7. The van der Waals surface area contributed by atoms with E-state index in [2.05, 4.69) is 17.6 Å². The normalized spacial score (nSPS) is 22.3. The standard InChI is InChI=1S/C14H15NO/c1-3-8-15-9-4-5-12-6-7-13(11(2)16)10-14(12)15/h3-7,9-10,14H,1,8H2,2H3. The van der Waals surface area contributed by atoms with Gasteiger partial charge in [0.25, 0.3) is 0 Å². The van der Waals surface area contributed by atoms with Crippen LogP contribution in [0.5, 0.6) is 0 Å². The van der Waals surface area contributed by atoms with E-state index in [0.717, 1.165) is 12.1 Å². The molecule has 1 aliphatic carbocycles. The SMILES string of the molecule is C=CCN1C=CC=C2C=CC(C(C)=O)=CC21. The number of rotatable bonds is 3. The highest BCUT2D eigenvalue weighted by molar-refractivity contribution is 5.96. The summed E-state index contributed by atoms with van der Waals surface area (Å²) in [6, 6.07) is 0.173. The van der Waals surface area contributed by atoms with Gasteiger partial charge in [0.2, 0.25) is 0 Å². The number of carbonyl (C=O) groups is 1. The molecule has 0 spiro atoms. The van der Waals surface area contributed by atoms with Crippen molar-refractivity contribution in [1.82, 2.24) is 4.90 Å². The van der Waals surface area contributed by atoms with Gasteiger partial charge in [-0.05, 0) is 24.6 Å². The number of nitrogens with zero attached hydrogens (tertiary/aromatic N) is 1. The number of hydrogen-bond acceptors (Lipinski definition) is 2. The van der Waals surface area contributed by atoms with Crippen LogP contribution in [0.15, 0.2) is 60.4 Å². The molecule has 0 aromatic heterocycles. The van der Waals surface area contributed by atoms with E-state index in [1.165, 1.54) is 5.57 Å². The average Bonchev–Trinajstić information content (AvgIpc) is 2.29. The van der Waals surface area contributed by atoms with Crippen LogP contribution in [0.4, 0.5) is 0 Å². The molecule has 0 saturated heterocycles. The summed E-state index contributed by atoms with van der Waals surface area (Å²) in [6.07, 6.45) is 13.9. The quantitative estimate of drug-likeness (QED) is 0.671. The largest absolute Gasteiger partial charge is 0.363 e. The van der Waals surface area contributed by atoms with Crippen LogP contribution >= 0.6 is 0 Å². The maximum absolute atomic E-state index is 11.3. The lowest BCUT2D eigenvalue weighted by Gasteiger charge is -2.32. The van der Waals surface area contributed by atoms with Gasteiger partial charge in [-0.15, -0.1) is 6.58 Å². The minimum Gasteiger partial charge on any atom is -0.363 e. The van der Waals surface area contributed by atoms with Crippen LogP contribution in [0.1, 0.15) is 6.92 Å². The van der Waals surface area contributed by atoms with Crippen molar-refractivity contribution in [3.05, 3.63) is 60.4 Å². The Morgan fingerprint density at radius 1 is 1.56 bits per heavy atom. The summed E-state index contributed by atoms with van der Waals surface area (Å²) in [5.74, 6) is 0.114. The molecule has 82 valence electrons. The average molecular weight is 213 g/mol. The number of ketones is 1. The molecule has 0 aromatic carbocycles. The zero-order chi connectivity index (χ0) is 11.5. The highest BCUT2D eigenvalue weighted by Gasteiger charge is 2.21. The molecular formula is C14H15NO. The summed E-state index contributed by atoms with van der Waals surface area (Å²) in [6.45, 7) is 6.13. The highest BCUT2D eigenvalue weighted by atomic mass is 16.1. The molecule has 0 fully saturated rings. The van der Waals surface area contributed by atoms with Gasteiger partial charge in [-0.3, -0.25) is 4.79 Å². The first-order chi connectivity index (χ1) is 7.72. The van der Waals surface area contributed by atoms with Gasteiger partial charge in [-0.1, -0.05) is 24.3 Å². The summed E-state index contributed by atoms with van der Waals surface area (Å²) in [5.41, 5.74) is 2.00. The summed E-state index contributed by atoms with van der Waals surface area (Å²) in [7, 11) is 0. The Hall–Kier alpha value is -1.83. The van der Waals surface area contributed by atoms with Gasteiger partial charge in [-0.2, -0.15) is 0 Å². The fraction of sp³-hybridized carbons (Fsp3) is 0.214. The molecular weight excluding hydrogens is 198 g/mol. The van der Waals surface area contributed by atoms with Crippen molar-refractivity contribution in [2.75, 3.05) is 6.54 Å². The van der Waals surface area contributed by atoms with E-state index in [1.807, 2.05) is 36.6 Å². The molecule has 2 aliphatic rings. The van der Waals surface area contributed by atoms with Crippen LogP contribution < -0.4 is 0 Å². The molecule has 0 saturated carbocycles. The molecule has 1 atom stereocenters. The van der Waals surface area contributed by atoms with E-state index in [-0.39, 0.29) is 11.8 Å². The third-order valence-electron chi connectivity index (χ3n) is 2.80. The van der Waals surface area contributed by atoms with Gasteiger partial charge in [0, 0.05) is 18.3 Å². The Bertz CT molecular complexity index is 438. The van der Waals surface area contributed by atoms with Gasteiger partial charge in [0.15, 0.2) is 5.78 Å². The minimum atomic E-state index is 0.114. The molecule has 0 radical (unpaired) electrons. The van der Waals surface area contributed by atoms with Crippen molar-refractivity contribution >= 4 is 5.78 Å². The molecule has 2 rings (SSSR count). The molecule has 16 heavy (non-hydrogen) atoms. The van der Waals surface area contributed by atoms with E-state index in [0.29, 0.717) is 0 Å². The molecule has 0 bridgehead atoms. The van der Waals surface area contributed by atoms with Crippen LogP contribution in [-0.2, 0) is 4.79 Å². The summed E-state index contributed by atoms with van der Waals surface area (Å²) >= 11 is 0. The fourth-order valence-corrected chi connectivity index (χ4v) is 1.96. The van der Waals surface area contributed by atoms with Crippen LogP contribution in [0, 0.1) is 0 Å². The summed E-state index contributed by atoms with van der Waals surface area (Å²) < 4.78 is 0. The van der Waals surface area contributed by atoms with Gasteiger partial charge in [0.05, 0.1) is 6.04 Å². The van der Waals surface area contributed by atoms with Gasteiger partial charge in [0.1, 0.15) is 0 Å². The Labute approximate surface area is 95.9 Å². The molecule has 1 aliphatic heterocycles. The van der Waals surface area contributed by atoms with E-state index >= 15 is 0 Å². The van der Waals surface area contributed by atoms with Gasteiger partial charge in [-0.25, -0.2) is 0 Å². The summed E-state index contributed by atoms with van der Waals surface area (Å²) in [5, 5.41) is 0. The van der Waals surface area contributed by atoms with Crippen LogP contribution in [-0.4, -0.2) is 23.3 Å². The van der Waals surface area contributed by atoms with Crippen molar-refractivity contribution in [3.63, 3.8) is 0 Å². The Morgan fingerprint density at radius 3 is 3.06 bits per heavy atom. The molecule has 0 amide bonds. The second kappa shape index (κ2) is 4.35. The van der Waals surface area contributed by atoms with E-state index < -0.39 is 0 Å². The number of carbonyl (C=O) groups excluding carboxylic acids is 1. The molecule has 1 heterocycles. The van der Waals surface area contributed by atoms with E-state index in [9.17, 15) is 4.79 Å². The fourth-order valence-electron chi connectivity index (χ4n) is 1.96. The number of Topliss-reactive ketones (excluding diaryl/α,β-unsaturated/α-hetero) is 1. The molecule has 0 aromatic rings. The smallest absolute Gasteiger partial charge is 0.159 e. The van der Waals surface area contributed by atoms with Crippen LogP contribution in [0.25, 0.3) is 0 Å². The second-order valence-corrected chi connectivity index (χ2v) is 3.95. The number of hydrogen-bond donors (Lipinski definition) is 0. The predicted octanol–water partition coefficient (Wildman–Crippen LogP) is 2.38. The van der Waals surface area contributed by atoms with Crippen molar-refractivity contribution < 1.29 is 4.79 Å². The maximum Gasteiger partial charge on any atom is 0.159 e. The second-order valence-electron chi connectivity index (χ2n) is 3.95. The lowest BCUT2D eigenvalue weighted by Crippen LogP contribution is -2.33. The van der Waals surface area contributed by atoms with E-state index in [4.69, 9.17) is 0 Å². The molecule has 2 nitrogen and oxygen atoms in total. The number of allylic oxidation sites excluding steroid dienone is 4. The molecule has 0 N–H and O–H groups in total. The van der Waals surface area contributed by atoms with Crippen molar-refractivity contribution in [3.8, 4) is 0 Å². The Morgan fingerprint density at radius 2 is 2.38 bits per heavy atom. The molecule has 2 heteroatoms. The molecule has 1 unspecified atom stereocenters. The third-order valence-corrected chi connectivity index (χ3v) is 2.80. The van der Waals surface area contributed by atoms with Crippen molar-refractivity contribution in [1.29, 1.82) is 0 Å². The van der Waals surface area contributed by atoms with Crippen LogP contribution in [0.3, 0.4) is 0 Å². The van der Waals surface area contributed by atoms with E-state index in [1.54, 1.807) is 6.92 Å². The van der Waals surface area contributed by atoms with Gasteiger partial charge < -0.3 is 4.90 Å². The zero-order valence-electron chi connectivity index (χ0n) is 9.39. The maximum atomic E-state index is 11.3. The predicted molar refractivity (Wildman–Crippen MR) is 65.8 cm³/mol. The monoisotopic (exact) mass is 213 g/mol. The third kappa shape index (κ3) is 1.91. The lowest BCUT2D eigenvalue weighted by molar-refractivity contribution is -0.113. The topological polar surface area (TPSA) is 20.3 Å². The van der Waals surface area contributed by atoms with Crippen molar-refractivity contribution in [2.45, 2.75) is 13.0 Å². The Kier molecular flexibility index (Phi) is 2.91. The first-order valence-electron chi connectivity index (χ1n) is 5.38.